The maximum atomic E-state index is 12.0. The highest BCUT2D eigenvalue weighted by atomic mass is 79.9. The Hall–Kier alpha value is -0.840. The molecular weight excluding hydrogens is 294 g/mol. The molecule has 0 aliphatic heterocycles. The van der Waals surface area contributed by atoms with E-state index in [1.165, 1.54) is 4.68 Å². The first-order valence-corrected chi connectivity index (χ1v) is 7.32. The van der Waals surface area contributed by atoms with Crippen LogP contribution in [0.15, 0.2) is 15.5 Å². The lowest BCUT2D eigenvalue weighted by atomic mass is 10.0. The van der Waals surface area contributed by atoms with Crippen LogP contribution in [0.25, 0.3) is 0 Å². The molecule has 2 atom stereocenters. The molecule has 0 saturated heterocycles. The zero-order chi connectivity index (χ0) is 13.7. The molecule has 0 saturated carbocycles. The smallest absolute Gasteiger partial charge is 0.283 e. The highest BCUT2D eigenvalue weighted by Gasteiger charge is 2.14. The van der Waals surface area contributed by atoms with Crippen molar-refractivity contribution in [3.05, 3.63) is 21.0 Å². The van der Waals surface area contributed by atoms with Crippen molar-refractivity contribution in [1.29, 1.82) is 0 Å². The van der Waals surface area contributed by atoms with Crippen molar-refractivity contribution in [3.8, 4) is 0 Å². The van der Waals surface area contributed by atoms with Gasteiger partial charge in [0.2, 0.25) is 0 Å². The van der Waals surface area contributed by atoms with E-state index >= 15 is 0 Å². The maximum Gasteiger partial charge on any atom is 0.283 e. The van der Waals surface area contributed by atoms with Crippen LogP contribution < -0.4 is 10.9 Å². The average Bonchev–Trinajstić information content (AvgIpc) is 2.37. The van der Waals surface area contributed by atoms with Gasteiger partial charge >= 0.3 is 0 Å². The highest BCUT2D eigenvalue weighted by Crippen LogP contribution is 2.20. The van der Waals surface area contributed by atoms with E-state index in [2.05, 4.69) is 47.1 Å². The molecule has 0 spiro atoms. The fraction of sp³-hybridized carbons (Fsp3) is 0.692. The first-order chi connectivity index (χ1) is 8.51. The van der Waals surface area contributed by atoms with Gasteiger partial charge in [0.1, 0.15) is 4.47 Å². The summed E-state index contributed by atoms with van der Waals surface area (Å²) in [5, 5.41) is 7.53. The molecule has 1 aromatic rings. The lowest BCUT2D eigenvalue weighted by Crippen LogP contribution is -2.28. The van der Waals surface area contributed by atoms with Gasteiger partial charge in [0.25, 0.3) is 5.56 Å². The second-order valence-corrected chi connectivity index (χ2v) is 5.51. The minimum atomic E-state index is -0.0711. The number of halogens is 1. The molecule has 0 fully saturated rings. The van der Waals surface area contributed by atoms with Crippen LogP contribution >= 0.6 is 15.9 Å². The molecule has 0 radical (unpaired) electrons. The van der Waals surface area contributed by atoms with Crippen molar-refractivity contribution >= 4 is 21.6 Å². The second-order valence-electron chi connectivity index (χ2n) is 4.72. The van der Waals surface area contributed by atoms with Crippen LogP contribution in [0, 0.1) is 5.92 Å². The van der Waals surface area contributed by atoms with Gasteiger partial charge in [-0.05, 0) is 35.2 Å². The Morgan fingerprint density at radius 3 is 2.67 bits per heavy atom. The van der Waals surface area contributed by atoms with Gasteiger partial charge in [-0.15, -0.1) is 0 Å². The maximum absolute atomic E-state index is 12.0. The predicted octanol–water partition coefficient (Wildman–Crippen LogP) is 3.26. The number of anilines is 1. The lowest BCUT2D eigenvalue weighted by molar-refractivity contribution is 0.493. The van der Waals surface area contributed by atoms with E-state index in [0.717, 1.165) is 18.5 Å². The zero-order valence-corrected chi connectivity index (χ0v) is 13.1. The Morgan fingerprint density at radius 1 is 1.44 bits per heavy atom. The molecule has 0 bridgehead atoms. The summed E-state index contributed by atoms with van der Waals surface area (Å²) >= 11 is 3.36. The summed E-state index contributed by atoms with van der Waals surface area (Å²) in [4.78, 5) is 12.0. The lowest BCUT2D eigenvalue weighted by Gasteiger charge is -2.21. The van der Waals surface area contributed by atoms with Crippen LogP contribution in [-0.4, -0.2) is 15.8 Å². The van der Waals surface area contributed by atoms with E-state index < -0.39 is 0 Å². The molecule has 4 nitrogen and oxygen atoms in total. The molecule has 1 heterocycles. The molecule has 2 unspecified atom stereocenters. The summed E-state index contributed by atoms with van der Waals surface area (Å²) in [6, 6.07) is 0.314. The number of nitrogens with zero attached hydrogens (tertiary/aromatic N) is 2. The fourth-order valence-corrected chi connectivity index (χ4v) is 2.10. The largest absolute Gasteiger partial charge is 0.380 e. The molecule has 0 amide bonds. The molecule has 18 heavy (non-hydrogen) atoms. The summed E-state index contributed by atoms with van der Waals surface area (Å²) in [5.74, 6) is 0.551. The topological polar surface area (TPSA) is 46.9 Å². The molecule has 0 aromatic carbocycles. The van der Waals surface area contributed by atoms with E-state index in [9.17, 15) is 4.79 Å². The number of nitrogens with one attached hydrogen (secondary N) is 1. The van der Waals surface area contributed by atoms with Crippen molar-refractivity contribution in [1.82, 2.24) is 9.78 Å². The highest BCUT2D eigenvalue weighted by molar-refractivity contribution is 9.10. The quantitative estimate of drug-likeness (QED) is 0.876. The van der Waals surface area contributed by atoms with Crippen LogP contribution in [0.3, 0.4) is 0 Å². The summed E-state index contributed by atoms with van der Waals surface area (Å²) in [5.41, 5.74) is 0.707. The minimum absolute atomic E-state index is 0.0711. The molecule has 1 rings (SSSR count). The minimum Gasteiger partial charge on any atom is -0.380 e. The average molecular weight is 316 g/mol. The number of hydrogen-bond acceptors (Lipinski definition) is 3. The fourth-order valence-electron chi connectivity index (χ4n) is 1.68. The van der Waals surface area contributed by atoms with Crippen molar-refractivity contribution in [2.24, 2.45) is 5.92 Å². The van der Waals surface area contributed by atoms with Crippen molar-refractivity contribution in [2.75, 3.05) is 5.32 Å². The van der Waals surface area contributed by atoms with Crippen molar-refractivity contribution in [2.45, 2.75) is 53.1 Å². The Morgan fingerprint density at radius 2 is 2.11 bits per heavy atom. The first kappa shape index (κ1) is 15.2. The molecular formula is C13H22BrN3O. The summed E-state index contributed by atoms with van der Waals surface area (Å²) < 4.78 is 2.06. The normalized spacial score (nSPS) is 14.3. The Kier molecular flexibility index (Phi) is 5.85. The summed E-state index contributed by atoms with van der Waals surface area (Å²) in [6.07, 6.45) is 3.72. The number of hydrogen-bond donors (Lipinski definition) is 1. The molecule has 5 heteroatoms. The van der Waals surface area contributed by atoms with E-state index in [-0.39, 0.29) is 5.56 Å². The zero-order valence-electron chi connectivity index (χ0n) is 11.5. The van der Waals surface area contributed by atoms with Gasteiger partial charge in [-0.3, -0.25) is 4.79 Å². The van der Waals surface area contributed by atoms with Gasteiger partial charge in [0.15, 0.2) is 0 Å². The first-order valence-electron chi connectivity index (χ1n) is 6.53. The SMILES string of the molecule is CCCn1ncc(NC(C)C(C)CC)c(Br)c1=O. The van der Waals surface area contributed by atoms with Gasteiger partial charge in [-0.1, -0.05) is 27.2 Å². The monoisotopic (exact) mass is 315 g/mol. The van der Waals surface area contributed by atoms with E-state index in [1.54, 1.807) is 6.20 Å². The van der Waals surface area contributed by atoms with Crippen LogP contribution in [0.4, 0.5) is 5.69 Å². The van der Waals surface area contributed by atoms with Crippen LogP contribution in [0.5, 0.6) is 0 Å². The van der Waals surface area contributed by atoms with Crippen LogP contribution in [0.1, 0.15) is 40.5 Å². The van der Waals surface area contributed by atoms with Gasteiger partial charge in [0, 0.05) is 12.6 Å². The van der Waals surface area contributed by atoms with Gasteiger partial charge in [0.05, 0.1) is 11.9 Å². The third kappa shape index (κ3) is 3.57. The molecule has 1 N–H and O–H groups in total. The Bertz CT molecular complexity index is 444. The van der Waals surface area contributed by atoms with E-state index in [4.69, 9.17) is 0 Å². The van der Waals surface area contributed by atoms with Gasteiger partial charge in [-0.25, -0.2) is 4.68 Å². The third-order valence-corrected chi connectivity index (χ3v) is 4.07. The molecule has 0 aliphatic rings. The van der Waals surface area contributed by atoms with Gasteiger partial charge < -0.3 is 5.32 Å². The van der Waals surface area contributed by atoms with E-state index in [1.807, 2.05) is 6.92 Å². The molecule has 102 valence electrons. The van der Waals surface area contributed by atoms with Crippen molar-refractivity contribution < 1.29 is 0 Å². The van der Waals surface area contributed by atoms with Crippen molar-refractivity contribution in [3.63, 3.8) is 0 Å². The Labute approximate surface area is 117 Å². The number of rotatable bonds is 6. The van der Waals surface area contributed by atoms with Crippen LogP contribution in [0.2, 0.25) is 0 Å². The van der Waals surface area contributed by atoms with Crippen LogP contribution in [-0.2, 0) is 6.54 Å². The second kappa shape index (κ2) is 6.92. The standard InChI is InChI=1S/C13H22BrN3O/c1-5-7-17-13(18)12(14)11(8-15-17)16-10(4)9(3)6-2/h8-10,16H,5-7H2,1-4H3. The van der Waals surface area contributed by atoms with E-state index in [0.29, 0.717) is 23.0 Å². The van der Waals surface area contributed by atoms with Gasteiger partial charge in [-0.2, -0.15) is 5.10 Å². The third-order valence-electron chi connectivity index (χ3n) is 3.30. The Balaban J connectivity index is 2.92. The summed E-state index contributed by atoms with van der Waals surface area (Å²) in [6.45, 7) is 9.16. The summed E-state index contributed by atoms with van der Waals surface area (Å²) in [7, 11) is 0. The predicted molar refractivity (Wildman–Crippen MR) is 79.0 cm³/mol. The number of aryl methyl sites for hydroxylation is 1. The molecule has 0 aliphatic carbocycles. The number of aromatic nitrogens is 2. The molecule has 1 aromatic heterocycles.